The number of aromatic nitrogens is 1. The number of thiazole rings is 1. The number of hydrogen-bond donors (Lipinski definition) is 2. The van der Waals surface area contributed by atoms with Crippen LogP contribution in [0.1, 0.15) is 0 Å². The minimum absolute atomic E-state index is 0.0204. The molecule has 1 aliphatic rings. The first-order valence-corrected chi connectivity index (χ1v) is 6.89. The van der Waals surface area contributed by atoms with Gasteiger partial charge in [0.25, 0.3) is 0 Å². The van der Waals surface area contributed by atoms with Crippen molar-refractivity contribution in [3.05, 3.63) is 11.6 Å². The van der Waals surface area contributed by atoms with Crippen molar-refractivity contribution in [3.8, 4) is 0 Å². The molecular weight excluding hydrogens is 250 g/mol. The summed E-state index contributed by atoms with van der Waals surface area (Å²) in [5.41, 5.74) is 5.76. The second-order valence-electron chi connectivity index (χ2n) is 4.51. The molecule has 6 nitrogen and oxygen atoms in total. The van der Waals surface area contributed by atoms with Crippen molar-refractivity contribution in [2.45, 2.75) is 6.04 Å². The van der Waals surface area contributed by atoms with Crippen LogP contribution in [0, 0.1) is 0 Å². The molecule has 1 saturated heterocycles. The van der Waals surface area contributed by atoms with Crippen LogP contribution in [0.15, 0.2) is 11.6 Å². The molecule has 0 radical (unpaired) electrons. The zero-order valence-electron chi connectivity index (χ0n) is 10.5. The number of likely N-dealkylation sites (N-methyl/N-ethyl adjacent to an activating group) is 1. The number of carbonyl (C=O) groups excluding carboxylic acids is 1. The smallest absolute Gasteiger partial charge is 0.240 e. The third kappa shape index (κ3) is 3.49. The van der Waals surface area contributed by atoms with Crippen molar-refractivity contribution < 1.29 is 4.79 Å². The first-order chi connectivity index (χ1) is 8.69. The molecule has 3 N–H and O–H groups in total. The standard InChI is InChI=1S/C11H19N5OS/c1-15-3-4-16(9(6-12)7-15)8-10(17)14-11-13-2-5-18-11/h2,5,9H,3-4,6-8,12H2,1H3,(H,13,14,17). The molecule has 2 heterocycles. The lowest BCUT2D eigenvalue weighted by Crippen LogP contribution is -2.56. The molecule has 1 atom stereocenters. The second kappa shape index (κ2) is 6.24. The molecule has 100 valence electrons. The van der Waals surface area contributed by atoms with Crippen LogP contribution >= 0.6 is 11.3 Å². The predicted molar refractivity (Wildman–Crippen MR) is 72.7 cm³/mol. The Morgan fingerprint density at radius 2 is 2.50 bits per heavy atom. The van der Waals surface area contributed by atoms with Crippen molar-refractivity contribution in [1.82, 2.24) is 14.8 Å². The lowest BCUT2D eigenvalue weighted by molar-refractivity contribution is -0.118. The summed E-state index contributed by atoms with van der Waals surface area (Å²) in [4.78, 5) is 20.3. The summed E-state index contributed by atoms with van der Waals surface area (Å²) in [7, 11) is 2.08. The molecule has 0 spiro atoms. The van der Waals surface area contributed by atoms with Gasteiger partial charge in [0.05, 0.1) is 6.54 Å². The Morgan fingerprint density at radius 1 is 1.67 bits per heavy atom. The van der Waals surface area contributed by atoms with Crippen molar-refractivity contribution in [2.75, 3.05) is 45.1 Å². The Bertz CT molecular complexity index is 383. The van der Waals surface area contributed by atoms with Gasteiger partial charge in [-0.2, -0.15) is 0 Å². The van der Waals surface area contributed by atoms with E-state index in [1.807, 2.05) is 5.38 Å². The van der Waals surface area contributed by atoms with Crippen molar-refractivity contribution in [2.24, 2.45) is 5.73 Å². The van der Waals surface area contributed by atoms with Gasteiger partial charge in [0, 0.05) is 43.8 Å². The van der Waals surface area contributed by atoms with E-state index in [0.717, 1.165) is 19.6 Å². The van der Waals surface area contributed by atoms with Crippen molar-refractivity contribution in [3.63, 3.8) is 0 Å². The molecule has 1 fully saturated rings. The number of nitrogens with one attached hydrogen (secondary N) is 1. The fraction of sp³-hybridized carbons (Fsp3) is 0.636. The monoisotopic (exact) mass is 269 g/mol. The van der Waals surface area contributed by atoms with E-state index in [9.17, 15) is 4.79 Å². The normalized spacial score (nSPS) is 22.0. The largest absolute Gasteiger partial charge is 0.329 e. The van der Waals surface area contributed by atoms with Crippen molar-refractivity contribution >= 4 is 22.4 Å². The van der Waals surface area contributed by atoms with E-state index in [2.05, 4.69) is 27.1 Å². The Hall–Kier alpha value is -1.02. The van der Waals surface area contributed by atoms with Crippen LogP contribution in [0.3, 0.4) is 0 Å². The SMILES string of the molecule is CN1CCN(CC(=O)Nc2nccs2)C(CN)C1. The Kier molecular flexibility index (Phi) is 4.65. The quantitative estimate of drug-likeness (QED) is 0.782. The van der Waals surface area contributed by atoms with E-state index < -0.39 is 0 Å². The van der Waals surface area contributed by atoms with E-state index >= 15 is 0 Å². The average molecular weight is 269 g/mol. The molecule has 1 unspecified atom stereocenters. The number of nitrogens with two attached hydrogens (primary N) is 1. The molecule has 0 aromatic carbocycles. The minimum atomic E-state index is -0.0204. The van der Waals surface area contributed by atoms with Gasteiger partial charge in [0.1, 0.15) is 0 Å². The van der Waals surface area contributed by atoms with Gasteiger partial charge in [0.2, 0.25) is 5.91 Å². The van der Waals surface area contributed by atoms with E-state index in [4.69, 9.17) is 5.73 Å². The molecule has 1 aromatic rings. The molecule has 0 aliphatic carbocycles. The average Bonchev–Trinajstić information content (AvgIpc) is 2.84. The first kappa shape index (κ1) is 13.4. The molecule has 0 bridgehead atoms. The number of hydrogen-bond acceptors (Lipinski definition) is 6. The molecular formula is C11H19N5OS. The first-order valence-electron chi connectivity index (χ1n) is 6.01. The lowest BCUT2D eigenvalue weighted by Gasteiger charge is -2.38. The number of rotatable bonds is 4. The third-order valence-corrected chi connectivity index (χ3v) is 3.79. The second-order valence-corrected chi connectivity index (χ2v) is 5.40. The van der Waals surface area contributed by atoms with Crippen LogP contribution in [0.2, 0.25) is 0 Å². The molecule has 1 aromatic heterocycles. The Labute approximate surface area is 111 Å². The van der Waals surface area contributed by atoms with Crippen molar-refractivity contribution in [1.29, 1.82) is 0 Å². The summed E-state index contributed by atoms with van der Waals surface area (Å²) in [5, 5.41) is 5.29. The molecule has 1 amide bonds. The maximum absolute atomic E-state index is 11.9. The van der Waals surface area contributed by atoms with E-state index in [1.165, 1.54) is 11.3 Å². The van der Waals surface area contributed by atoms with Crippen LogP contribution in [0.4, 0.5) is 5.13 Å². The van der Waals surface area contributed by atoms with Gasteiger partial charge in [-0.05, 0) is 7.05 Å². The highest BCUT2D eigenvalue weighted by atomic mass is 32.1. The highest BCUT2D eigenvalue weighted by Gasteiger charge is 2.25. The molecule has 18 heavy (non-hydrogen) atoms. The lowest BCUT2D eigenvalue weighted by atomic mass is 10.1. The van der Waals surface area contributed by atoms with Gasteiger partial charge in [-0.3, -0.25) is 9.69 Å². The van der Waals surface area contributed by atoms with Gasteiger partial charge in [-0.15, -0.1) is 11.3 Å². The number of carbonyl (C=O) groups is 1. The maximum atomic E-state index is 11.9. The summed E-state index contributed by atoms with van der Waals surface area (Å²) in [5.74, 6) is -0.0204. The molecule has 1 aliphatic heterocycles. The summed E-state index contributed by atoms with van der Waals surface area (Å²) >= 11 is 1.43. The zero-order valence-corrected chi connectivity index (χ0v) is 11.3. The molecule has 7 heteroatoms. The number of nitrogens with zero attached hydrogens (tertiary/aromatic N) is 3. The van der Waals surface area contributed by atoms with Crippen LogP contribution < -0.4 is 11.1 Å². The highest BCUT2D eigenvalue weighted by molar-refractivity contribution is 7.13. The summed E-state index contributed by atoms with van der Waals surface area (Å²) < 4.78 is 0. The van der Waals surface area contributed by atoms with Gasteiger partial charge < -0.3 is 16.0 Å². The van der Waals surface area contributed by atoms with Crippen LogP contribution in [-0.2, 0) is 4.79 Å². The zero-order chi connectivity index (χ0) is 13.0. The van der Waals surface area contributed by atoms with Gasteiger partial charge in [-0.1, -0.05) is 0 Å². The predicted octanol–water partition coefficient (Wildman–Crippen LogP) is -0.344. The summed E-state index contributed by atoms with van der Waals surface area (Å²) in [6, 6.07) is 0.255. The fourth-order valence-electron chi connectivity index (χ4n) is 2.11. The minimum Gasteiger partial charge on any atom is -0.329 e. The number of anilines is 1. The van der Waals surface area contributed by atoms with E-state index in [1.54, 1.807) is 6.20 Å². The highest BCUT2D eigenvalue weighted by Crippen LogP contribution is 2.11. The number of piperazine rings is 1. The topological polar surface area (TPSA) is 74.5 Å². The van der Waals surface area contributed by atoms with Crippen LogP contribution in [0.25, 0.3) is 0 Å². The molecule has 2 rings (SSSR count). The van der Waals surface area contributed by atoms with Gasteiger partial charge >= 0.3 is 0 Å². The summed E-state index contributed by atoms with van der Waals surface area (Å²) in [6.45, 7) is 3.73. The Morgan fingerprint density at radius 3 is 3.17 bits per heavy atom. The Balaban J connectivity index is 1.86. The third-order valence-electron chi connectivity index (χ3n) is 3.11. The maximum Gasteiger partial charge on any atom is 0.240 e. The summed E-state index contributed by atoms with van der Waals surface area (Å²) in [6.07, 6.45) is 1.68. The van der Waals surface area contributed by atoms with Crippen LogP contribution in [-0.4, -0.2) is 66.5 Å². The van der Waals surface area contributed by atoms with Crippen LogP contribution in [0.5, 0.6) is 0 Å². The van der Waals surface area contributed by atoms with Gasteiger partial charge in [0.15, 0.2) is 5.13 Å². The molecule has 0 saturated carbocycles. The fourth-order valence-corrected chi connectivity index (χ4v) is 2.65. The van der Waals surface area contributed by atoms with Gasteiger partial charge in [-0.25, -0.2) is 4.98 Å². The number of amides is 1. The van der Waals surface area contributed by atoms with E-state index in [-0.39, 0.29) is 11.9 Å². The van der Waals surface area contributed by atoms with E-state index in [0.29, 0.717) is 18.2 Å².